The first-order valence-electron chi connectivity index (χ1n) is 8.60. The van der Waals surface area contributed by atoms with Crippen molar-refractivity contribution in [1.29, 1.82) is 0 Å². The molecule has 24 heavy (non-hydrogen) atoms. The van der Waals surface area contributed by atoms with Gasteiger partial charge in [-0.3, -0.25) is 9.59 Å². The van der Waals surface area contributed by atoms with Gasteiger partial charge in [0.15, 0.2) is 0 Å². The number of rotatable bonds is 3. The molecule has 0 radical (unpaired) electrons. The van der Waals surface area contributed by atoms with E-state index in [-0.39, 0.29) is 17.7 Å². The van der Waals surface area contributed by atoms with Gasteiger partial charge in [0.05, 0.1) is 13.2 Å². The molecule has 2 aliphatic heterocycles. The molecule has 2 saturated heterocycles. The standard InChI is InChI=1S/C18H23N3O3/c1-20-6-8-21(9-7-20)18(23)12-2-4-13(5-3-12)19-17(22)16-14-10-24-11-15(14)16/h2-5,14-16H,6-11H2,1H3,(H,19,22)/t14-,15+,16?. The summed E-state index contributed by atoms with van der Waals surface area (Å²) in [4.78, 5) is 28.8. The molecule has 128 valence electrons. The van der Waals surface area contributed by atoms with Gasteiger partial charge in [-0.1, -0.05) is 0 Å². The average Bonchev–Trinajstić information content (AvgIpc) is 3.09. The number of hydrogen-bond donors (Lipinski definition) is 1. The Hall–Kier alpha value is -1.92. The number of nitrogens with zero attached hydrogens (tertiary/aromatic N) is 2. The molecule has 3 aliphatic rings. The number of benzene rings is 1. The van der Waals surface area contributed by atoms with Gasteiger partial charge < -0.3 is 19.9 Å². The summed E-state index contributed by atoms with van der Waals surface area (Å²) in [5, 5.41) is 2.96. The van der Waals surface area contributed by atoms with E-state index in [2.05, 4.69) is 17.3 Å². The van der Waals surface area contributed by atoms with Gasteiger partial charge in [-0.05, 0) is 43.1 Å². The molecule has 3 fully saturated rings. The second-order valence-corrected chi connectivity index (χ2v) is 7.05. The van der Waals surface area contributed by atoms with Gasteiger partial charge in [0.2, 0.25) is 5.91 Å². The van der Waals surface area contributed by atoms with Crippen LogP contribution in [-0.2, 0) is 9.53 Å². The monoisotopic (exact) mass is 329 g/mol. The minimum Gasteiger partial charge on any atom is -0.381 e. The Labute approximate surface area is 141 Å². The largest absolute Gasteiger partial charge is 0.381 e. The van der Waals surface area contributed by atoms with Crippen LogP contribution in [0.3, 0.4) is 0 Å². The molecule has 2 amide bonds. The number of amides is 2. The number of likely N-dealkylation sites (N-methyl/N-ethyl adjacent to an activating group) is 1. The minimum atomic E-state index is 0.0647. The first-order valence-corrected chi connectivity index (χ1v) is 8.60. The van der Waals surface area contributed by atoms with E-state index in [0.29, 0.717) is 30.6 Å². The number of fused-ring (bicyclic) bond motifs is 1. The number of anilines is 1. The summed E-state index contributed by atoms with van der Waals surface area (Å²) in [6.07, 6.45) is 0. The maximum atomic E-state index is 12.5. The van der Waals surface area contributed by atoms with Crippen LogP contribution in [0.25, 0.3) is 0 Å². The molecule has 1 N–H and O–H groups in total. The van der Waals surface area contributed by atoms with Crippen molar-refractivity contribution in [2.75, 3.05) is 51.8 Å². The fourth-order valence-corrected chi connectivity index (χ4v) is 3.74. The molecule has 1 aromatic carbocycles. The van der Waals surface area contributed by atoms with Crippen LogP contribution in [0, 0.1) is 17.8 Å². The van der Waals surface area contributed by atoms with Gasteiger partial charge in [-0.15, -0.1) is 0 Å². The lowest BCUT2D eigenvalue weighted by Gasteiger charge is -2.32. The van der Waals surface area contributed by atoms with E-state index in [1.807, 2.05) is 17.0 Å². The topological polar surface area (TPSA) is 61.9 Å². The fourth-order valence-electron chi connectivity index (χ4n) is 3.74. The molecule has 1 unspecified atom stereocenters. The highest BCUT2D eigenvalue weighted by Crippen LogP contribution is 2.51. The molecule has 6 nitrogen and oxygen atoms in total. The maximum absolute atomic E-state index is 12.5. The molecule has 0 spiro atoms. The van der Waals surface area contributed by atoms with Crippen molar-refractivity contribution >= 4 is 17.5 Å². The van der Waals surface area contributed by atoms with Gasteiger partial charge in [-0.2, -0.15) is 0 Å². The summed E-state index contributed by atoms with van der Waals surface area (Å²) in [5.41, 5.74) is 1.43. The highest BCUT2D eigenvalue weighted by Gasteiger charge is 2.57. The first kappa shape index (κ1) is 15.6. The van der Waals surface area contributed by atoms with Gasteiger partial charge in [0.1, 0.15) is 0 Å². The highest BCUT2D eigenvalue weighted by atomic mass is 16.5. The third kappa shape index (κ3) is 2.91. The van der Waals surface area contributed by atoms with Crippen LogP contribution in [0.5, 0.6) is 0 Å². The van der Waals surface area contributed by atoms with Crippen LogP contribution in [-0.4, -0.2) is 68.1 Å². The van der Waals surface area contributed by atoms with Gasteiger partial charge >= 0.3 is 0 Å². The van der Waals surface area contributed by atoms with Gasteiger partial charge in [0.25, 0.3) is 5.91 Å². The molecule has 1 saturated carbocycles. The number of nitrogens with one attached hydrogen (secondary N) is 1. The molecule has 3 atom stereocenters. The number of carbonyl (C=O) groups excluding carboxylic acids is 2. The molecule has 2 heterocycles. The Balaban J connectivity index is 1.34. The third-order valence-electron chi connectivity index (χ3n) is 5.44. The number of piperazine rings is 1. The van der Waals surface area contributed by atoms with E-state index in [4.69, 9.17) is 4.74 Å². The van der Waals surface area contributed by atoms with E-state index in [0.717, 1.165) is 31.9 Å². The highest BCUT2D eigenvalue weighted by molar-refractivity contribution is 5.97. The van der Waals surface area contributed by atoms with Crippen LogP contribution in [0.2, 0.25) is 0 Å². The molecule has 6 heteroatoms. The van der Waals surface area contributed by atoms with Crippen molar-refractivity contribution in [2.24, 2.45) is 17.8 Å². The molecular weight excluding hydrogens is 306 g/mol. The van der Waals surface area contributed by atoms with Crippen LogP contribution in [0.15, 0.2) is 24.3 Å². The number of carbonyl (C=O) groups is 2. The molecule has 1 aromatic rings. The predicted octanol–water partition coefficient (Wildman–Crippen LogP) is 0.905. The second kappa shape index (κ2) is 6.18. The molecule has 1 aliphatic carbocycles. The smallest absolute Gasteiger partial charge is 0.253 e. The molecule has 0 aromatic heterocycles. The number of ether oxygens (including phenoxy) is 1. The number of hydrogen-bond acceptors (Lipinski definition) is 4. The molecular formula is C18H23N3O3. The van der Waals surface area contributed by atoms with Crippen LogP contribution in [0.4, 0.5) is 5.69 Å². The Bertz CT molecular complexity index is 627. The summed E-state index contributed by atoms with van der Waals surface area (Å²) < 4.78 is 5.32. The van der Waals surface area contributed by atoms with Crippen molar-refractivity contribution in [1.82, 2.24) is 9.80 Å². The van der Waals surface area contributed by atoms with Crippen molar-refractivity contribution in [3.05, 3.63) is 29.8 Å². The van der Waals surface area contributed by atoms with Crippen molar-refractivity contribution < 1.29 is 14.3 Å². The fraction of sp³-hybridized carbons (Fsp3) is 0.556. The summed E-state index contributed by atoms with van der Waals surface area (Å²) in [5.74, 6) is 1.05. The first-order chi connectivity index (χ1) is 11.6. The Morgan fingerprint density at radius 1 is 1.04 bits per heavy atom. The third-order valence-corrected chi connectivity index (χ3v) is 5.44. The van der Waals surface area contributed by atoms with E-state index >= 15 is 0 Å². The van der Waals surface area contributed by atoms with Crippen molar-refractivity contribution in [3.8, 4) is 0 Å². The zero-order chi connectivity index (χ0) is 16.7. The Kier molecular flexibility index (Phi) is 4.02. The molecule has 4 rings (SSSR count). The molecule has 0 bridgehead atoms. The van der Waals surface area contributed by atoms with Gasteiger partial charge in [-0.25, -0.2) is 0 Å². The lowest BCUT2D eigenvalue weighted by molar-refractivity contribution is -0.118. The lowest BCUT2D eigenvalue weighted by Crippen LogP contribution is -2.47. The summed E-state index contributed by atoms with van der Waals surface area (Å²) in [7, 11) is 2.07. The van der Waals surface area contributed by atoms with E-state index in [1.165, 1.54) is 0 Å². The maximum Gasteiger partial charge on any atom is 0.253 e. The van der Waals surface area contributed by atoms with E-state index < -0.39 is 0 Å². The van der Waals surface area contributed by atoms with Crippen molar-refractivity contribution in [2.45, 2.75) is 0 Å². The quantitative estimate of drug-likeness (QED) is 0.895. The van der Waals surface area contributed by atoms with Crippen LogP contribution >= 0.6 is 0 Å². The van der Waals surface area contributed by atoms with Crippen LogP contribution < -0.4 is 5.32 Å². The minimum absolute atomic E-state index is 0.0647. The van der Waals surface area contributed by atoms with E-state index in [9.17, 15) is 9.59 Å². The van der Waals surface area contributed by atoms with Gasteiger partial charge in [0, 0.05) is 43.3 Å². The summed E-state index contributed by atoms with van der Waals surface area (Å²) in [6.45, 7) is 4.77. The average molecular weight is 329 g/mol. The zero-order valence-electron chi connectivity index (χ0n) is 13.9. The Morgan fingerprint density at radius 2 is 1.67 bits per heavy atom. The summed E-state index contributed by atoms with van der Waals surface area (Å²) in [6, 6.07) is 7.23. The lowest BCUT2D eigenvalue weighted by atomic mass is 10.1. The van der Waals surface area contributed by atoms with E-state index in [1.54, 1.807) is 12.1 Å². The predicted molar refractivity (Wildman–Crippen MR) is 89.8 cm³/mol. The second-order valence-electron chi connectivity index (χ2n) is 7.05. The normalized spacial score (nSPS) is 29.2. The zero-order valence-corrected chi connectivity index (χ0v) is 13.9. The van der Waals surface area contributed by atoms with Crippen LogP contribution in [0.1, 0.15) is 10.4 Å². The van der Waals surface area contributed by atoms with Crippen molar-refractivity contribution in [3.63, 3.8) is 0 Å². The SMILES string of the molecule is CN1CCN(C(=O)c2ccc(NC(=O)C3[C@H]4COC[C@@H]34)cc2)CC1. The summed E-state index contributed by atoms with van der Waals surface area (Å²) >= 11 is 0. The Morgan fingerprint density at radius 3 is 2.29 bits per heavy atom.